The second-order valence-corrected chi connectivity index (χ2v) is 5.76. The highest BCUT2D eigenvalue weighted by Crippen LogP contribution is 2.29. The summed E-state index contributed by atoms with van der Waals surface area (Å²) >= 11 is 0. The van der Waals surface area contributed by atoms with Gasteiger partial charge in [0.1, 0.15) is 0 Å². The largest absolute Gasteiger partial charge is 0.465 e. The van der Waals surface area contributed by atoms with Crippen LogP contribution in [0.3, 0.4) is 0 Å². The lowest BCUT2D eigenvalue weighted by Crippen LogP contribution is -2.25. The van der Waals surface area contributed by atoms with Gasteiger partial charge >= 0.3 is 23.9 Å². The first-order valence-electron chi connectivity index (χ1n) is 8.46. The summed E-state index contributed by atoms with van der Waals surface area (Å²) in [6.45, 7) is 0. The van der Waals surface area contributed by atoms with Gasteiger partial charge in [-0.05, 0) is 6.07 Å². The maximum absolute atomic E-state index is 13.1. The predicted molar refractivity (Wildman–Crippen MR) is 102 cm³/mol. The smallest absolute Gasteiger partial charge is 0.339 e. The zero-order chi connectivity index (χ0) is 22.4. The van der Waals surface area contributed by atoms with Crippen LogP contribution in [0.2, 0.25) is 0 Å². The molecule has 0 aliphatic rings. The molecule has 0 radical (unpaired) electrons. The first-order valence-corrected chi connectivity index (χ1v) is 8.46. The van der Waals surface area contributed by atoms with Crippen LogP contribution in [0.4, 0.5) is 0 Å². The number of carbonyl (C=O) groups is 5. The lowest BCUT2D eigenvalue weighted by Gasteiger charge is -2.17. The monoisotopic (exact) mass is 414 g/mol. The Morgan fingerprint density at radius 2 is 1.00 bits per heavy atom. The third-order valence-corrected chi connectivity index (χ3v) is 4.18. The molecule has 0 aliphatic heterocycles. The van der Waals surface area contributed by atoms with Crippen molar-refractivity contribution >= 4 is 29.7 Å². The van der Waals surface area contributed by atoms with Crippen molar-refractivity contribution in [2.24, 2.45) is 0 Å². The Morgan fingerprint density at radius 3 is 1.47 bits per heavy atom. The number of ketones is 1. The predicted octanol–water partition coefficient (Wildman–Crippen LogP) is 2.06. The van der Waals surface area contributed by atoms with E-state index in [1.165, 1.54) is 12.1 Å². The average molecular weight is 414 g/mol. The van der Waals surface area contributed by atoms with Crippen LogP contribution in [0.15, 0.2) is 36.4 Å². The number of rotatable bonds is 6. The molecule has 30 heavy (non-hydrogen) atoms. The minimum Gasteiger partial charge on any atom is -0.465 e. The Bertz CT molecular complexity index is 1020. The van der Waals surface area contributed by atoms with Crippen molar-refractivity contribution in [2.75, 3.05) is 28.4 Å². The van der Waals surface area contributed by atoms with Crippen molar-refractivity contribution < 1.29 is 42.9 Å². The maximum atomic E-state index is 13.1. The van der Waals surface area contributed by atoms with E-state index in [4.69, 9.17) is 9.47 Å². The SMILES string of the molecule is COC(=O)c1cc(C(=O)c2ccccc2)c(C(=O)OC)c(C(=O)OC)c1C(=O)OC. The average Bonchev–Trinajstić information content (AvgIpc) is 2.80. The summed E-state index contributed by atoms with van der Waals surface area (Å²) in [5, 5.41) is 0. The molecule has 0 N–H and O–H groups in total. The molecule has 2 aromatic carbocycles. The Labute approximate surface area is 171 Å². The molecule has 9 heteroatoms. The van der Waals surface area contributed by atoms with Crippen LogP contribution in [-0.2, 0) is 18.9 Å². The van der Waals surface area contributed by atoms with Crippen LogP contribution >= 0.6 is 0 Å². The Kier molecular flexibility index (Phi) is 7.03. The number of ether oxygens (including phenoxy) is 4. The molecule has 0 atom stereocenters. The number of carbonyl (C=O) groups excluding carboxylic acids is 5. The van der Waals surface area contributed by atoms with E-state index in [9.17, 15) is 24.0 Å². The summed E-state index contributed by atoms with van der Waals surface area (Å²) < 4.78 is 18.8. The van der Waals surface area contributed by atoms with Crippen molar-refractivity contribution in [3.05, 3.63) is 69.8 Å². The van der Waals surface area contributed by atoms with Gasteiger partial charge in [0.2, 0.25) is 0 Å². The fourth-order valence-corrected chi connectivity index (χ4v) is 2.81. The minimum atomic E-state index is -1.15. The fourth-order valence-electron chi connectivity index (χ4n) is 2.81. The van der Waals surface area contributed by atoms with E-state index >= 15 is 0 Å². The van der Waals surface area contributed by atoms with Crippen LogP contribution in [0.1, 0.15) is 57.4 Å². The quantitative estimate of drug-likeness (QED) is 0.397. The molecule has 0 amide bonds. The van der Waals surface area contributed by atoms with E-state index < -0.39 is 51.9 Å². The van der Waals surface area contributed by atoms with Crippen LogP contribution in [0.5, 0.6) is 0 Å². The molecular weight excluding hydrogens is 396 g/mol. The fraction of sp³-hybridized carbons (Fsp3) is 0.190. The van der Waals surface area contributed by atoms with Gasteiger partial charge in [0.25, 0.3) is 0 Å². The Balaban J connectivity index is 3.06. The molecule has 0 spiro atoms. The molecular formula is C21H18O9. The third-order valence-electron chi connectivity index (χ3n) is 4.18. The van der Waals surface area contributed by atoms with E-state index in [-0.39, 0.29) is 11.1 Å². The number of hydrogen-bond acceptors (Lipinski definition) is 9. The van der Waals surface area contributed by atoms with E-state index in [1.807, 2.05) is 0 Å². The molecule has 0 heterocycles. The van der Waals surface area contributed by atoms with Crippen molar-refractivity contribution in [1.29, 1.82) is 0 Å². The van der Waals surface area contributed by atoms with Crippen LogP contribution in [-0.4, -0.2) is 58.1 Å². The highest BCUT2D eigenvalue weighted by Gasteiger charge is 2.36. The van der Waals surface area contributed by atoms with Crippen molar-refractivity contribution in [1.82, 2.24) is 0 Å². The molecule has 0 aromatic heterocycles. The standard InChI is InChI=1S/C21H18O9/c1-27-18(23)13-10-12(17(22)11-8-6-5-7-9-11)14(19(24)28-2)16(21(26)30-4)15(13)20(25)29-3/h5-10H,1-4H3. The van der Waals surface area contributed by atoms with Crippen LogP contribution < -0.4 is 0 Å². The van der Waals surface area contributed by atoms with Crippen LogP contribution in [0.25, 0.3) is 0 Å². The molecule has 2 rings (SSSR count). The summed E-state index contributed by atoms with van der Waals surface area (Å²) in [4.78, 5) is 63.1. The van der Waals surface area contributed by atoms with Gasteiger partial charge in [-0.1, -0.05) is 30.3 Å². The Morgan fingerprint density at radius 1 is 0.567 bits per heavy atom. The highest BCUT2D eigenvalue weighted by atomic mass is 16.5. The zero-order valence-electron chi connectivity index (χ0n) is 16.6. The van der Waals surface area contributed by atoms with Gasteiger partial charge in [-0.25, -0.2) is 19.2 Å². The molecule has 0 bridgehead atoms. The van der Waals surface area contributed by atoms with Crippen molar-refractivity contribution in [2.45, 2.75) is 0 Å². The summed E-state index contributed by atoms with van der Waals surface area (Å²) in [6.07, 6.45) is 0. The van der Waals surface area contributed by atoms with Crippen LogP contribution in [0, 0.1) is 0 Å². The van der Waals surface area contributed by atoms with Gasteiger partial charge in [-0.3, -0.25) is 4.79 Å². The van der Waals surface area contributed by atoms with E-state index in [1.54, 1.807) is 18.2 Å². The number of hydrogen-bond donors (Lipinski definition) is 0. The topological polar surface area (TPSA) is 122 Å². The number of methoxy groups -OCH3 is 4. The highest BCUT2D eigenvalue weighted by molar-refractivity contribution is 6.22. The molecule has 2 aromatic rings. The van der Waals surface area contributed by atoms with Gasteiger partial charge in [0.05, 0.1) is 50.7 Å². The van der Waals surface area contributed by atoms with E-state index in [2.05, 4.69) is 9.47 Å². The van der Waals surface area contributed by atoms with E-state index in [0.717, 1.165) is 34.5 Å². The van der Waals surface area contributed by atoms with Gasteiger partial charge < -0.3 is 18.9 Å². The third kappa shape index (κ3) is 4.04. The molecule has 0 unspecified atom stereocenters. The first-order chi connectivity index (χ1) is 14.3. The van der Waals surface area contributed by atoms with Gasteiger partial charge in [-0.15, -0.1) is 0 Å². The second kappa shape index (κ2) is 9.46. The van der Waals surface area contributed by atoms with E-state index in [0.29, 0.717) is 0 Å². The summed E-state index contributed by atoms with van der Waals surface area (Å²) in [5.74, 6) is -5.07. The lowest BCUT2D eigenvalue weighted by atomic mass is 9.87. The molecule has 9 nitrogen and oxygen atoms in total. The maximum Gasteiger partial charge on any atom is 0.339 e. The molecule has 0 aliphatic carbocycles. The lowest BCUT2D eigenvalue weighted by molar-refractivity contribution is 0.0520. The number of esters is 4. The number of benzene rings is 2. The molecule has 0 saturated heterocycles. The minimum absolute atomic E-state index is 0.167. The molecule has 0 saturated carbocycles. The summed E-state index contributed by atoms with van der Waals surface area (Å²) in [5.41, 5.74) is -2.39. The van der Waals surface area contributed by atoms with Gasteiger partial charge in [0, 0.05) is 11.1 Å². The zero-order valence-corrected chi connectivity index (χ0v) is 16.6. The van der Waals surface area contributed by atoms with Gasteiger partial charge in [-0.2, -0.15) is 0 Å². The normalized spacial score (nSPS) is 10.0. The summed E-state index contributed by atoms with van der Waals surface area (Å²) in [7, 11) is 4.11. The molecule has 156 valence electrons. The summed E-state index contributed by atoms with van der Waals surface area (Å²) in [6, 6.07) is 8.82. The second-order valence-electron chi connectivity index (χ2n) is 5.76. The van der Waals surface area contributed by atoms with Crippen molar-refractivity contribution in [3.8, 4) is 0 Å². The Hall–Kier alpha value is -4.01. The van der Waals surface area contributed by atoms with Crippen molar-refractivity contribution in [3.63, 3.8) is 0 Å². The first kappa shape index (κ1) is 22.3. The molecule has 0 fully saturated rings. The van der Waals surface area contributed by atoms with Gasteiger partial charge in [0.15, 0.2) is 5.78 Å².